The molecule has 18 heavy (non-hydrogen) atoms. The Morgan fingerprint density at radius 1 is 1.50 bits per heavy atom. The zero-order chi connectivity index (χ0) is 13.5. The number of benzene rings is 1. The van der Waals surface area contributed by atoms with Gasteiger partial charge < -0.3 is 10.4 Å². The predicted octanol–water partition coefficient (Wildman–Crippen LogP) is 2.61. The van der Waals surface area contributed by atoms with Crippen LogP contribution in [0.4, 0.5) is 0 Å². The van der Waals surface area contributed by atoms with Gasteiger partial charge in [-0.15, -0.1) is 11.8 Å². The highest BCUT2D eigenvalue weighted by atomic mass is 32.2. The highest BCUT2D eigenvalue weighted by Gasteiger charge is 2.12. The van der Waals surface area contributed by atoms with Gasteiger partial charge in [0, 0.05) is 23.1 Å². The van der Waals surface area contributed by atoms with Gasteiger partial charge in [-0.1, -0.05) is 6.07 Å². The van der Waals surface area contributed by atoms with Crippen LogP contribution in [-0.2, 0) is 0 Å². The summed E-state index contributed by atoms with van der Waals surface area (Å²) in [5.41, 5.74) is 1.72. The molecule has 1 rings (SSSR count). The largest absolute Gasteiger partial charge is 0.396 e. The van der Waals surface area contributed by atoms with Gasteiger partial charge in [0.05, 0.1) is 0 Å². The van der Waals surface area contributed by atoms with Crippen molar-refractivity contribution in [2.45, 2.75) is 37.6 Å². The molecule has 0 radical (unpaired) electrons. The van der Waals surface area contributed by atoms with Gasteiger partial charge in [-0.25, -0.2) is 0 Å². The SMILES string of the molecule is CSc1ccc(C)c(C(=O)NC(C)CCCO)c1. The average Bonchev–Trinajstić information content (AvgIpc) is 2.36. The molecule has 1 atom stereocenters. The minimum absolute atomic E-state index is 0.0335. The van der Waals surface area contributed by atoms with Gasteiger partial charge in [-0.05, 0) is 50.6 Å². The molecule has 100 valence electrons. The van der Waals surface area contributed by atoms with E-state index in [1.807, 2.05) is 38.3 Å². The lowest BCUT2D eigenvalue weighted by Gasteiger charge is -2.14. The molecule has 0 spiro atoms. The van der Waals surface area contributed by atoms with Crippen LogP contribution in [0.1, 0.15) is 35.7 Å². The number of nitrogens with one attached hydrogen (secondary N) is 1. The van der Waals surface area contributed by atoms with Crippen molar-refractivity contribution in [2.75, 3.05) is 12.9 Å². The molecule has 1 aromatic rings. The third-order valence-corrected chi connectivity index (χ3v) is 3.59. The van der Waals surface area contributed by atoms with E-state index in [-0.39, 0.29) is 18.6 Å². The zero-order valence-corrected chi connectivity index (χ0v) is 12.0. The molecular formula is C14H21NO2S. The number of rotatable bonds is 6. The maximum atomic E-state index is 12.1. The molecule has 1 aromatic carbocycles. The maximum absolute atomic E-state index is 12.1. The molecule has 1 unspecified atom stereocenters. The summed E-state index contributed by atoms with van der Waals surface area (Å²) in [6, 6.07) is 6.00. The minimum Gasteiger partial charge on any atom is -0.396 e. The highest BCUT2D eigenvalue weighted by molar-refractivity contribution is 7.98. The lowest BCUT2D eigenvalue weighted by atomic mass is 10.1. The molecular weight excluding hydrogens is 246 g/mol. The van der Waals surface area contributed by atoms with Crippen molar-refractivity contribution in [3.63, 3.8) is 0 Å². The number of thioether (sulfide) groups is 1. The molecule has 0 aliphatic heterocycles. The molecule has 0 aliphatic rings. The monoisotopic (exact) mass is 267 g/mol. The Kier molecular flexibility index (Phi) is 6.22. The topological polar surface area (TPSA) is 49.3 Å². The Hall–Kier alpha value is -1.00. The fourth-order valence-electron chi connectivity index (χ4n) is 1.74. The van der Waals surface area contributed by atoms with Gasteiger partial charge in [0.15, 0.2) is 0 Å². The number of aliphatic hydroxyl groups excluding tert-OH is 1. The predicted molar refractivity (Wildman–Crippen MR) is 76.2 cm³/mol. The summed E-state index contributed by atoms with van der Waals surface area (Å²) in [6.45, 7) is 4.07. The van der Waals surface area contributed by atoms with Crippen LogP contribution in [0.25, 0.3) is 0 Å². The van der Waals surface area contributed by atoms with E-state index >= 15 is 0 Å². The van der Waals surface area contributed by atoms with Crippen LogP contribution in [0, 0.1) is 6.92 Å². The highest BCUT2D eigenvalue weighted by Crippen LogP contribution is 2.19. The van der Waals surface area contributed by atoms with Crippen LogP contribution in [-0.4, -0.2) is 29.9 Å². The van der Waals surface area contributed by atoms with Crippen molar-refractivity contribution in [1.82, 2.24) is 5.32 Å². The molecule has 0 saturated carbocycles. The first-order valence-corrected chi connectivity index (χ1v) is 7.37. The van der Waals surface area contributed by atoms with Crippen LogP contribution in [0.3, 0.4) is 0 Å². The number of aryl methyl sites for hydroxylation is 1. The van der Waals surface area contributed by atoms with E-state index < -0.39 is 0 Å². The Labute approximate surface area is 113 Å². The van der Waals surface area contributed by atoms with E-state index in [0.717, 1.165) is 22.4 Å². The molecule has 1 amide bonds. The van der Waals surface area contributed by atoms with E-state index in [1.165, 1.54) is 0 Å². The number of carbonyl (C=O) groups excluding carboxylic acids is 1. The van der Waals surface area contributed by atoms with Gasteiger partial charge in [-0.2, -0.15) is 0 Å². The number of amides is 1. The Bertz CT molecular complexity index is 407. The first kappa shape index (κ1) is 15.1. The molecule has 0 aromatic heterocycles. The molecule has 4 heteroatoms. The fourth-order valence-corrected chi connectivity index (χ4v) is 2.18. The maximum Gasteiger partial charge on any atom is 0.251 e. The van der Waals surface area contributed by atoms with Crippen molar-refractivity contribution in [1.29, 1.82) is 0 Å². The van der Waals surface area contributed by atoms with E-state index in [9.17, 15) is 4.79 Å². The first-order chi connectivity index (χ1) is 8.58. The zero-order valence-electron chi connectivity index (χ0n) is 11.2. The number of aliphatic hydroxyl groups is 1. The normalized spacial score (nSPS) is 12.2. The summed E-state index contributed by atoms with van der Waals surface area (Å²) in [7, 11) is 0. The van der Waals surface area contributed by atoms with Crippen LogP contribution in [0.15, 0.2) is 23.1 Å². The lowest BCUT2D eigenvalue weighted by Crippen LogP contribution is -2.33. The molecule has 0 aliphatic carbocycles. The summed E-state index contributed by atoms with van der Waals surface area (Å²) in [5.74, 6) is -0.0335. The van der Waals surface area contributed by atoms with Gasteiger partial charge in [-0.3, -0.25) is 4.79 Å². The first-order valence-electron chi connectivity index (χ1n) is 6.15. The van der Waals surface area contributed by atoms with E-state index in [4.69, 9.17) is 5.11 Å². The molecule has 0 bridgehead atoms. The second-order valence-corrected chi connectivity index (χ2v) is 5.30. The van der Waals surface area contributed by atoms with Crippen molar-refractivity contribution in [3.8, 4) is 0 Å². The Balaban J connectivity index is 2.71. The van der Waals surface area contributed by atoms with E-state index in [1.54, 1.807) is 11.8 Å². The van der Waals surface area contributed by atoms with Gasteiger partial charge in [0.2, 0.25) is 0 Å². The van der Waals surface area contributed by atoms with Crippen LogP contribution in [0.5, 0.6) is 0 Å². The third kappa shape index (κ3) is 4.35. The van der Waals surface area contributed by atoms with Gasteiger partial charge in [0.25, 0.3) is 5.91 Å². The number of hydrogen-bond acceptors (Lipinski definition) is 3. The Morgan fingerprint density at radius 3 is 2.83 bits per heavy atom. The standard InChI is InChI=1S/C14H21NO2S/c1-10-6-7-12(18-3)9-13(10)14(17)15-11(2)5-4-8-16/h6-7,9,11,16H,4-5,8H2,1-3H3,(H,15,17). The average molecular weight is 267 g/mol. The van der Waals surface area contributed by atoms with E-state index in [0.29, 0.717) is 6.42 Å². The summed E-state index contributed by atoms with van der Waals surface area (Å²) in [5, 5.41) is 11.7. The molecule has 0 fully saturated rings. The second kappa shape index (κ2) is 7.44. The van der Waals surface area contributed by atoms with Crippen LogP contribution >= 0.6 is 11.8 Å². The summed E-state index contributed by atoms with van der Waals surface area (Å²) in [4.78, 5) is 13.2. The smallest absolute Gasteiger partial charge is 0.251 e. The van der Waals surface area contributed by atoms with E-state index in [2.05, 4.69) is 5.32 Å². The van der Waals surface area contributed by atoms with Crippen molar-refractivity contribution in [2.24, 2.45) is 0 Å². The molecule has 0 heterocycles. The lowest BCUT2D eigenvalue weighted by molar-refractivity contribution is 0.0935. The van der Waals surface area contributed by atoms with Crippen molar-refractivity contribution >= 4 is 17.7 Å². The summed E-state index contributed by atoms with van der Waals surface area (Å²) < 4.78 is 0. The molecule has 0 saturated heterocycles. The molecule has 3 nitrogen and oxygen atoms in total. The summed E-state index contributed by atoms with van der Waals surface area (Å²) >= 11 is 1.63. The summed E-state index contributed by atoms with van der Waals surface area (Å²) in [6.07, 6.45) is 3.50. The molecule has 2 N–H and O–H groups in total. The Morgan fingerprint density at radius 2 is 2.22 bits per heavy atom. The second-order valence-electron chi connectivity index (χ2n) is 4.42. The third-order valence-electron chi connectivity index (χ3n) is 2.86. The van der Waals surface area contributed by atoms with Gasteiger partial charge in [0.1, 0.15) is 0 Å². The van der Waals surface area contributed by atoms with Gasteiger partial charge >= 0.3 is 0 Å². The fraction of sp³-hybridized carbons (Fsp3) is 0.500. The van der Waals surface area contributed by atoms with Crippen molar-refractivity contribution in [3.05, 3.63) is 29.3 Å². The number of hydrogen-bond donors (Lipinski definition) is 2. The minimum atomic E-state index is -0.0335. The van der Waals surface area contributed by atoms with Crippen molar-refractivity contribution < 1.29 is 9.90 Å². The van der Waals surface area contributed by atoms with Crippen LogP contribution < -0.4 is 5.32 Å². The quantitative estimate of drug-likeness (QED) is 0.779. The van der Waals surface area contributed by atoms with Crippen LogP contribution in [0.2, 0.25) is 0 Å². The number of carbonyl (C=O) groups is 1.